The van der Waals surface area contributed by atoms with Crippen LogP contribution in [0.5, 0.6) is 5.75 Å². The standard InChI is InChI=1S/C7H7NO2.C4H3NO2/c8-7(9)10-6-4-2-1-3-5-6;6-3-1-2-4(7)5-3/h1-5H,(H2,8,9);1-2H,(H,5,6,7). The van der Waals surface area contributed by atoms with E-state index in [0.717, 1.165) is 0 Å². The molecule has 3 N–H and O–H groups in total. The summed E-state index contributed by atoms with van der Waals surface area (Å²) in [6.45, 7) is 0. The lowest BCUT2D eigenvalue weighted by Crippen LogP contribution is -2.19. The van der Waals surface area contributed by atoms with Gasteiger partial charge in [0, 0.05) is 12.2 Å². The van der Waals surface area contributed by atoms with Gasteiger partial charge >= 0.3 is 6.09 Å². The fraction of sp³-hybridized carbons (Fsp3) is 0. The van der Waals surface area contributed by atoms with Crippen LogP contribution in [0.2, 0.25) is 0 Å². The first-order valence-electron chi connectivity index (χ1n) is 4.63. The molecule has 17 heavy (non-hydrogen) atoms. The molecule has 0 atom stereocenters. The molecule has 1 heterocycles. The summed E-state index contributed by atoms with van der Waals surface area (Å²) < 4.78 is 4.55. The second-order valence-corrected chi connectivity index (χ2v) is 2.92. The summed E-state index contributed by atoms with van der Waals surface area (Å²) in [4.78, 5) is 30.2. The Morgan fingerprint density at radius 1 is 1.06 bits per heavy atom. The Labute approximate surface area is 97.1 Å². The first kappa shape index (κ1) is 12.4. The van der Waals surface area contributed by atoms with Gasteiger partial charge < -0.3 is 10.5 Å². The van der Waals surface area contributed by atoms with E-state index in [9.17, 15) is 14.4 Å². The molecule has 2 rings (SSSR count). The highest BCUT2D eigenvalue weighted by Crippen LogP contribution is 2.07. The molecule has 1 aliphatic rings. The second-order valence-electron chi connectivity index (χ2n) is 2.92. The third-order valence-electron chi connectivity index (χ3n) is 1.59. The fourth-order valence-electron chi connectivity index (χ4n) is 0.961. The Morgan fingerprint density at radius 2 is 1.59 bits per heavy atom. The van der Waals surface area contributed by atoms with Crippen LogP contribution in [0.1, 0.15) is 0 Å². The van der Waals surface area contributed by atoms with Crippen molar-refractivity contribution in [2.45, 2.75) is 0 Å². The van der Waals surface area contributed by atoms with Gasteiger partial charge in [0.05, 0.1) is 0 Å². The predicted molar refractivity (Wildman–Crippen MR) is 58.9 cm³/mol. The summed E-state index contributed by atoms with van der Waals surface area (Å²) in [6.07, 6.45) is 1.61. The lowest BCUT2D eigenvalue weighted by atomic mass is 10.3. The normalized spacial score (nSPS) is 12.5. The van der Waals surface area contributed by atoms with Crippen LogP contribution in [0, 0.1) is 0 Å². The summed E-state index contributed by atoms with van der Waals surface area (Å²) in [5, 5.41) is 2.03. The fourth-order valence-corrected chi connectivity index (χ4v) is 0.961. The monoisotopic (exact) mass is 234 g/mol. The van der Waals surface area contributed by atoms with Crippen LogP contribution >= 0.6 is 0 Å². The Kier molecular flexibility index (Phi) is 4.44. The molecule has 1 aromatic rings. The summed E-state index contributed by atoms with van der Waals surface area (Å²) >= 11 is 0. The van der Waals surface area contributed by atoms with Crippen LogP contribution in [-0.4, -0.2) is 17.9 Å². The lowest BCUT2D eigenvalue weighted by molar-refractivity contribution is -0.123. The minimum Gasteiger partial charge on any atom is -0.411 e. The molecule has 0 aromatic heterocycles. The number of nitrogens with two attached hydrogens (primary N) is 1. The summed E-state index contributed by atoms with van der Waals surface area (Å²) in [5.41, 5.74) is 4.76. The van der Waals surface area contributed by atoms with E-state index >= 15 is 0 Å². The average Bonchev–Trinajstić information content (AvgIpc) is 2.64. The van der Waals surface area contributed by atoms with Gasteiger partial charge in [-0.05, 0) is 12.1 Å². The number of benzene rings is 1. The van der Waals surface area contributed by atoms with E-state index in [-0.39, 0.29) is 11.8 Å². The molecular formula is C11H10N2O4. The van der Waals surface area contributed by atoms with Crippen molar-refractivity contribution >= 4 is 17.9 Å². The highest BCUT2D eigenvalue weighted by Gasteiger charge is 2.06. The third kappa shape index (κ3) is 5.12. The second kappa shape index (κ2) is 6.06. The molecule has 0 fully saturated rings. The number of hydrogen-bond acceptors (Lipinski definition) is 4. The van der Waals surface area contributed by atoms with Gasteiger partial charge in [0.1, 0.15) is 5.75 Å². The van der Waals surface area contributed by atoms with Gasteiger partial charge in [-0.2, -0.15) is 0 Å². The van der Waals surface area contributed by atoms with Crippen molar-refractivity contribution in [2.75, 3.05) is 0 Å². The van der Waals surface area contributed by atoms with E-state index in [1.165, 1.54) is 12.2 Å². The Hall–Kier alpha value is -2.63. The average molecular weight is 234 g/mol. The molecule has 0 unspecified atom stereocenters. The van der Waals surface area contributed by atoms with E-state index in [2.05, 4.69) is 4.74 Å². The number of hydrogen-bond donors (Lipinski definition) is 2. The van der Waals surface area contributed by atoms with E-state index < -0.39 is 6.09 Å². The molecule has 1 aromatic carbocycles. The molecule has 0 spiro atoms. The van der Waals surface area contributed by atoms with Gasteiger partial charge in [-0.1, -0.05) is 18.2 Å². The van der Waals surface area contributed by atoms with Gasteiger partial charge in [0.2, 0.25) is 0 Å². The molecule has 6 heteroatoms. The zero-order valence-corrected chi connectivity index (χ0v) is 8.75. The van der Waals surface area contributed by atoms with Crippen LogP contribution in [0.15, 0.2) is 42.5 Å². The maximum absolute atomic E-state index is 10.2. The first-order valence-corrected chi connectivity index (χ1v) is 4.63. The molecule has 0 bridgehead atoms. The quantitative estimate of drug-likeness (QED) is 0.684. The minimum absolute atomic E-state index is 0.329. The number of primary amides is 1. The topological polar surface area (TPSA) is 98.5 Å². The van der Waals surface area contributed by atoms with Crippen molar-refractivity contribution in [3.63, 3.8) is 0 Å². The van der Waals surface area contributed by atoms with E-state index in [1.807, 2.05) is 11.4 Å². The van der Waals surface area contributed by atoms with Crippen LogP contribution in [0.4, 0.5) is 4.79 Å². The molecule has 0 saturated heterocycles. The Morgan fingerprint density at radius 3 is 1.94 bits per heavy atom. The maximum Gasteiger partial charge on any atom is 0.409 e. The Bertz CT molecular complexity index is 438. The third-order valence-corrected chi connectivity index (χ3v) is 1.59. The number of amides is 3. The molecule has 0 aliphatic carbocycles. The van der Waals surface area contributed by atoms with Crippen molar-refractivity contribution in [3.05, 3.63) is 42.5 Å². The zero-order chi connectivity index (χ0) is 12.7. The van der Waals surface area contributed by atoms with E-state index in [1.54, 1.807) is 24.3 Å². The zero-order valence-electron chi connectivity index (χ0n) is 8.75. The van der Waals surface area contributed by atoms with Gasteiger partial charge in [0.25, 0.3) is 11.8 Å². The molecule has 1 aliphatic heterocycles. The molecule has 88 valence electrons. The molecule has 0 radical (unpaired) electrons. The van der Waals surface area contributed by atoms with Crippen LogP contribution in [0.3, 0.4) is 0 Å². The largest absolute Gasteiger partial charge is 0.411 e. The number of para-hydroxylation sites is 1. The number of nitrogens with one attached hydrogen (secondary N) is 1. The number of carbonyl (C=O) groups excluding carboxylic acids is 3. The lowest BCUT2D eigenvalue weighted by Gasteiger charge is -1.96. The smallest absolute Gasteiger partial charge is 0.409 e. The van der Waals surface area contributed by atoms with Gasteiger partial charge in [-0.3, -0.25) is 14.9 Å². The van der Waals surface area contributed by atoms with Gasteiger partial charge in [-0.25, -0.2) is 4.79 Å². The summed E-state index contributed by atoms with van der Waals surface area (Å²) in [6, 6.07) is 8.67. The van der Waals surface area contributed by atoms with Crippen LogP contribution < -0.4 is 15.8 Å². The Balaban J connectivity index is 0.000000181. The number of rotatable bonds is 1. The molecule has 6 nitrogen and oxygen atoms in total. The van der Waals surface area contributed by atoms with Crippen molar-refractivity contribution in [3.8, 4) is 5.75 Å². The van der Waals surface area contributed by atoms with Crippen molar-refractivity contribution in [1.82, 2.24) is 5.32 Å². The van der Waals surface area contributed by atoms with Crippen LogP contribution in [-0.2, 0) is 9.59 Å². The first-order chi connectivity index (χ1) is 8.08. The number of imide groups is 1. The van der Waals surface area contributed by atoms with Crippen LogP contribution in [0.25, 0.3) is 0 Å². The maximum atomic E-state index is 10.2. The SMILES string of the molecule is NC(=O)Oc1ccccc1.O=C1C=CC(=O)N1. The van der Waals surface area contributed by atoms with Crippen molar-refractivity contribution in [1.29, 1.82) is 0 Å². The highest BCUT2D eigenvalue weighted by molar-refractivity contribution is 6.12. The number of carbonyl (C=O) groups is 3. The molecular weight excluding hydrogens is 224 g/mol. The highest BCUT2D eigenvalue weighted by atomic mass is 16.5. The van der Waals surface area contributed by atoms with E-state index in [4.69, 9.17) is 5.73 Å². The van der Waals surface area contributed by atoms with E-state index in [0.29, 0.717) is 5.75 Å². The summed E-state index contributed by atoms with van der Waals surface area (Å²) in [5.74, 6) is -0.190. The van der Waals surface area contributed by atoms with Gasteiger partial charge in [0.15, 0.2) is 0 Å². The predicted octanol–water partition coefficient (Wildman–Crippen LogP) is 0.343. The van der Waals surface area contributed by atoms with Crippen molar-refractivity contribution in [2.24, 2.45) is 5.73 Å². The summed E-state index contributed by atoms with van der Waals surface area (Å²) in [7, 11) is 0. The molecule has 3 amide bonds. The molecule has 0 saturated carbocycles. The van der Waals surface area contributed by atoms with Gasteiger partial charge in [-0.15, -0.1) is 0 Å². The minimum atomic E-state index is -0.786. The number of ether oxygens (including phenoxy) is 1. The van der Waals surface area contributed by atoms with Crippen molar-refractivity contribution < 1.29 is 19.1 Å².